The van der Waals surface area contributed by atoms with Crippen LogP contribution in [0.1, 0.15) is 33.1 Å². The van der Waals surface area contributed by atoms with Gasteiger partial charge in [0.1, 0.15) is 0 Å². The standard InChI is InChI=1S/C19H30N4O3S/c1-15-12-16(2)14-23(13-15)27(25,26)22-10-8-18(9-11-22)21-19(24)20-17-6-4-3-5-7-17/h3-7,15-16,18H,8-14H2,1-2H3,(H2,20,21,24)/t15-,16-/m0/s1. The first-order chi connectivity index (χ1) is 12.8. The molecule has 2 saturated heterocycles. The van der Waals surface area contributed by atoms with Crippen molar-refractivity contribution in [3.63, 3.8) is 0 Å². The van der Waals surface area contributed by atoms with Crippen molar-refractivity contribution < 1.29 is 13.2 Å². The number of carbonyl (C=O) groups is 1. The highest BCUT2D eigenvalue weighted by molar-refractivity contribution is 7.86. The molecule has 0 unspecified atom stereocenters. The van der Waals surface area contributed by atoms with Gasteiger partial charge in [0.05, 0.1) is 0 Å². The molecule has 3 rings (SSSR count). The molecule has 27 heavy (non-hydrogen) atoms. The first-order valence-corrected chi connectivity index (χ1v) is 11.1. The van der Waals surface area contributed by atoms with Gasteiger partial charge in [-0.3, -0.25) is 0 Å². The molecule has 0 radical (unpaired) electrons. The van der Waals surface area contributed by atoms with Crippen LogP contribution in [0.4, 0.5) is 10.5 Å². The number of urea groups is 1. The molecule has 0 saturated carbocycles. The van der Waals surface area contributed by atoms with Crippen LogP contribution in [0.3, 0.4) is 0 Å². The van der Waals surface area contributed by atoms with Gasteiger partial charge in [0.2, 0.25) is 0 Å². The molecule has 1 aromatic rings. The fraction of sp³-hybridized carbons (Fsp3) is 0.632. The molecule has 2 atom stereocenters. The first-order valence-electron chi connectivity index (χ1n) is 9.72. The van der Waals surface area contributed by atoms with E-state index in [1.165, 1.54) is 0 Å². The van der Waals surface area contributed by atoms with E-state index >= 15 is 0 Å². The minimum absolute atomic E-state index is 0.0145. The molecule has 2 aliphatic rings. The molecular formula is C19H30N4O3S. The van der Waals surface area contributed by atoms with Gasteiger partial charge in [-0.15, -0.1) is 0 Å². The summed E-state index contributed by atoms with van der Waals surface area (Å²) in [6.07, 6.45) is 2.33. The molecule has 2 N–H and O–H groups in total. The van der Waals surface area contributed by atoms with Crippen molar-refractivity contribution in [3.05, 3.63) is 30.3 Å². The zero-order valence-corrected chi connectivity index (χ0v) is 16.9. The zero-order chi connectivity index (χ0) is 19.4. The molecule has 0 aliphatic carbocycles. The molecule has 7 nitrogen and oxygen atoms in total. The summed E-state index contributed by atoms with van der Waals surface area (Å²) in [5, 5.41) is 5.75. The minimum atomic E-state index is -3.41. The molecule has 0 bridgehead atoms. The van der Waals surface area contributed by atoms with E-state index in [4.69, 9.17) is 0 Å². The number of nitrogens with one attached hydrogen (secondary N) is 2. The van der Waals surface area contributed by atoms with Gasteiger partial charge in [-0.1, -0.05) is 32.0 Å². The van der Waals surface area contributed by atoms with Gasteiger partial charge in [0, 0.05) is 37.9 Å². The molecular weight excluding hydrogens is 364 g/mol. The predicted octanol–water partition coefficient (Wildman–Crippen LogP) is 2.50. The Morgan fingerprint density at radius 1 is 1.00 bits per heavy atom. The highest BCUT2D eigenvalue weighted by atomic mass is 32.2. The second-order valence-electron chi connectivity index (χ2n) is 7.91. The van der Waals surface area contributed by atoms with E-state index in [1.54, 1.807) is 8.61 Å². The summed E-state index contributed by atoms with van der Waals surface area (Å²) in [5.74, 6) is 0.786. The van der Waals surface area contributed by atoms with Crippen LogP contribution in [0.15, 0.2) is 30.3 Å². The van der Waals surface area contributed by atoms with Gasteiger partial charge >= 0.3 is 6.03 Å². The second-order valence-corrected chi connectivity index (χ2v) is 9.84. The number of piperidine rings is 2. The summed E-state index contributed by atoms with van der Waals surface area (Å²) in [6, 6.07) is 9.01. The Labute approximate surface area is 162 Å². The number of anilines is 1. The number of nitrogens with zero attached hydrogens (tertiary/aromatic N) is 2. The van der Waals surface area contributed by atoms with E-state index in [-0.39, 0.29) is 12.1 Å². The number of amides is 2. The maximum atomic E-state index is 13.0. The Balaban J connectivity index is 1.50. The quantitative estimate of drug-likeness (QED) is 0.823. The molecule has 1 aromatic carbocycles. The lowest BCUT2D eigenvalue weighted by Crippen LogP contribution is -2.53. The maximum Gasteiger partial charge on any atom is 0.319 e. The van der Waals surface area contributed by atoms with E-state index in [1.807, 2.05) is 30.3 Å². The van der Waals surface area contributed by atoms with Crippen LogP contribution >= 0.6 is 0 Å². The lowest BCUT2D eigenvalue weighted by molar-refractivity contribution is 0.199. The van der Waals surface area contributed by atoms with E-state index in [0.717, 1.165) is 12.1 Å². The summed E-state index contributed by atoms with van der Waals surface area (Å²) in [7, 11) is -3.41. The van der Waals surface area contributed by atoms with E-state index in [2.05, 4.69) is 24.5 Å². The Kier molecular flexibility index (Phi) is 6.39. The van der Waals surface area contributed by atoms with Gasteiger partial charge in [-0.25, -0.2) is 4.79 Å². The normalized spacial score (nSPS) is 25.9. The van der Waals surface area contributed by atoms with Gasteiger partial charge < -0.3 is 10.6 Å². The van der Waals surface area contributed by atoms with Gasteiger partial charge in [-0.2, -0.15) is 17.0 Å². The maximum absolute atomic E-state index is 13.0. The fourth-order valence-electron chi connectivity index (χ4n) is 4.06. The largest absolute Gasteiger partial charge is 0.335 e. The summed E-state index contributed by atoms with van der Waals surface area (Å²) in [5.41, 5.74) is 0.739. The van der Waals surface area contributed by atoms with Crippen molar-refractivity contribution in [1.29, 1.82) is 0 Å². The lowest BCUT2D eigenvalue weighted by Gasteiger charge is -2.39. The molecule has 8 heteroatoms. The molecule has 2 heterocycles. The topological polar surface area (TPSA) is 81.8 Å². The number of carbonyl (C=O) groups excluding carboxylic acids is 1. The molecule has 2 aliphatic heterocycles. The molecule has 0 aromatic heterocycles. The van der Waals surface area contributed by atoms with Gasteiger partial charge in [0.15, 0.2) is 0 Å². The Morgan fingerprint density at radius 3 is 2.19 bits per heavy atom. The summed E-state index contributed by atoms with van der Waals surface area (Å²) in [6.45, 7) is 6.31. The van der Waals surface area contributed by atoms with Gasteiger partial charge in [-0.05, 0) is 43.2 Å². The first kappa shape index (κ1) is 20.1. The SMILES string of the molecule is C[C@H]1C[C@H](C)CN(S(=O)(=O)N2CCC(NC(=O)Nc3ccccc3)CC2)C1. The van der Waals surface area contributed by atoms with Crippen LogP contribution in [0.5, 0.6) is 0 Å². The van der Waals surface area contributed by atoms with E-state index in [9.17, 15) is 13.2 Å². The molecule has 0 spiro atoms. The number of hydrogen-bond acceptors (Lipinski definition) is 3. The highest BCUT2D eigenvalue weighted by Crippen LogP contribution is 2.26. The molecule has 2 fully saturated rings. The van der Waals surface area contributed by atoms with Crippen LogP contribution in [0.2, 0.25) is 0 Å². The Morgan fingerprint density at radius 2 is 1.59 bits per heavy atom. The third kappa shape index (κ3) is 5.21. The van der Waals surface area contributed by atoms with E-state index in [0.29, 0.717) is 50.9 Å². The smallest absolute Gasteiger partial charge is 0.319 e. The lowest BCUT2D eigenvalue weighted by atomic mass is 9.94. The van der Waals surface area contributed by atoms with Crippen molar-refractivity contribution in [3.8, 4) is 0 Å². The van der Waals surface area contributed by atoms with Crippen molar-refractivity contribution in [2.24, 2.45) is 11.8 Å². The Bertz CT molecular complexity index is 723. The van der Waals surface area contributed by atoms with Crippen LogP contribution < -0.4 is 10.6 Å². The van der Waals surface area contributed by atoms with Crippen LogP contribution in [-0.2, 0) is 10.2 Å². The number of rotatable bonds is 4. The van der Waals surface area contributed by atoms with Crippen molar-refractivity contribution >= 4 is 21.9 Å². The van der Waals surface area contributed by atoms with Crippen molar-refractivity contribution in [2.45, 2.75) is 39.2 Å². The van der Waals surface area contributed by atoms with Crippen LogP contribution in [0, 0.1) is 11.8 Å². The average molecular weight is 395 g/mol. The molecule has 150 valence electrons. The fourth-order valence-corrected chi connectivity index (χ4v) is 5.95. The van der Waals surface area contributed by atoms with Crippen LogP contribution in [0.25, 0.3) is 0 Å². The van der Waals surface area contributed by atoms with E-state index < -0.39 is 10.2 Å². The number of benzene rings is 1. The monoisotopic (exact) mass is 394 g/mol. The van der Waals surface area contributed by atoms with Crippen LogP contribution in [-0.4, -0.2) is 55.3 Å². The summed E-state index contributed by atoms with van der Waals surface area (Å²) < 4.78 is 29.1. The highest BCUT2D eigenvalue weighted by Gasteiger charge is 2.36. The molecule has 2 amide bonds. The third-order valence-electron chi connectivity index (χ3n) is 5.31. The zero-order valence-electron chi connectivity index (χ0n) is 16.1. The number of hydrogen-bond donors (Lipinski definition) is 2. The van der Waals surface area contributed by atoms with Crippen molar-refractivity contribution in [1.82, 2.24) is 13.9 Å². The predicted molar refractivity (Wildman–Crippen MR) is 107 cm³/mol. The number of para-hydroxylation sites is 1. The summed E-state index contributed by atoms with van der Waals surface area (Å²) >= 11 is 0. The minimum Gasteiger partial charge on any atom is -0.335 e. The third-order valence-corrected chi connectivity index (χ3v) is 7.28. The average Bonchev–Trinajstić information content (AvgIpc) is 2.62. The summed E-state index contributed by atoms with van der Waals surface area (Å²) in [4.78, 5) is 12.1. The van der Waals surface area contributed by atoms with Gasteiger partial charge in [0.25, 0.3) is 10.2 Å². The second kappa shape index (κ2) is 8.58. The van der Waals surface area contributed by atoms with Crippen molar-refractivity contribution in [2.75, 3.05) is 31.5 Å². The Hall–Kier alpha value is -1.64.